The van der Waals surface area contributed by atoms with E-state index in [1.165, 1.54) is 11.0 Å². The van der Waals surface area contributed by atoms with Gasteiger partial charge in [0, 0.05) is 42.9 Å². The fourth-order valence-corrected chi connectivity index (χ4v) is 5.94. The lowest BCUT2D eigenvalue weighted by atomic mass is 9.93. The number of nitrogens with one attached hydrogen (secondary N) is 2. The van der Waals surface area contributed by atoms with E-state index in [1.807, 2.05) is 38.1 Å². The summed E-state index contributed by atoms with van der Waals surface area (Å²) in [6.07, 6.45) is 5.40. The van der Waals surface area contributed by atoms with Crippen LogP contribution in [-0.2, 0) is 30.3 Å². The largest absolute Gasteiger partial charge is 0.460 e. The highest BCUT2D eigenvalue weighted by molar-refractivity contribution is 5.95. The van der Waals surface area contributed by atoms with Gasteiger partial charge in [0.2, 0.25) is 11.8 Å². The van der Waals surface area contributed by atoms with Gasteiger partial charge in [0.05, 0.1) is 19.1 Å². The van der Waals surface area contributed by atoms with E-state index in [9.17, 15) is 29.1 Å². The van der Waals surface area contributed by atoms with E-state index in [2.05, 4.69) is 20.6 Å². The van der Waals surface area contributed by atoms with Crippen LogP contribution >= 0.6 is 0 Å². The van der Waals surface area contributed by atoms with E-state index < -0.39 is 48.1 Å². The van der Waals surface area contributed by atoms with Crippen molar-refractivity contribution in [2.45, 2.75) is 78.6 Å². The summed E-state index contributed by atoms with van der Waals surface area (Å²) in [5.41, 5.74) is 0.816. The molecule has 0 saturated carbocycles. The Morgan fingerprint density at radius 2 is 1.88 bits per heavy atom. The molecular formula is C38H47N5O9. The average molecular weight is 718 g/mol. The Morgan fingerprint density at radius 1 is 1.13 bits per heavy atom. The van der Waals surface area contributed by atoms with Crippen LogP contribution < -0.4 is 10.6 Å². The second-order valence-electron chi connectivity index (χ2n) is 13.1. The van der Waals surface area contributed by atoms with Crippen molar-refractivity contribution in [2.75, 3.05) is 25.0 Å². The number of likely N-dealkylation sites (tertiary alicyclic amines) is 1. The number of likely N-dealkylation sites (N-methyl/N-ethyl adjacent to an activating group) is 1. The summed E-state index contributed by atoms with van der Waals surface area (Å²) < 4.78 is 16.9. The number of ether oxygens (including phenoxy) is 2. The van der Waals surface area contributed by atoms with Crippen LogP contribution in [0.4, 0.5) is 10.6 Å². The quantitative estimate of drug-likeness (QED) is 0.105. The number of hydrogen-bond donors (Lipinski definition) is 3. The predicted molar refractivity (Wildman–Crippen MR) is 192 cm³/mol. The molecule has 0 spiro atoms. The molecule has 14 heteroatoms. The Labute approximate surface area is 302 Å². The number of aromatic nitrogens is 2. The molecule has 3 amide bonds. The molecule has 3 aromatic rings. The smallest absolute Gasteiger partial charge is 0.412 e. The topological polar surface area (TPSA) is 190 Å². The number of aliphatic hydroxyl groups is 1. The number of esters is 1. The molecule has 1 aromatic carbocycles. The van der Waals surface area contributed by atoms with Crippen molar-refractivity contribution < 1.29 is 43.0 Å². The first-order chi connectivity index (χ1) is 24.8. The van der Waals surface area contributed by atoms with Crippen LogP contribution in [0.3, 0.4) is 0 Å². The molecule has 52 heavy (non-hydrogen) atoms. The van der Waals surface area contributed by atoms with Gasteiger partial charge in [-0.05, 0) is 51.1 Å². The lowest BCUT2D eigenvalue weighted by Gasteiger charge is -2.30. The van der Waals surface area contributed by atoms with E-state index in [1.54, 1.807) is 45.2 Å². The first kappa shape index (κ1) is 39.4. The number of pyridine rings is 1. The summed E-state index contributed by atoms with van der Waals surface area (Å²) in [7, 11) is 0. The Morgan fingerprint density at radius 3 is 2.62 bits per heavy atom. The van der Waals surface area contributed by atoms with Crippen molar-refractivity contribution in [3.63, 3.8) is 0 Å². The van der Waals surface area contributed by atoms with Gasteiger partial charge >= 0.3 is 12.1 Å². The summed E-state index contributed by atoms with van der Waals surface area (Å²) in [5, 5.41) is 17.1. The number of benzene rings is 1. The molecule has 0 bridgehead atoms. The Balaban J connectivity index is 1.41. The molecule has 0 aliphatic carbocycles. The highest BCUT2D eigenvalue weighted by Gasteiger charge is 2.39. The minimum absolute atomic E-state index is 0.0260. The number of ketones is 1. The van der Waals surface area contributed by atoms with Gasteiger partial charge in [0.25, 0.3) is 5.91 Å². The van der Waals surface area contributed by atoms with Crippen molar-refractivity contribution >= 4 is 46.3 Å². The predicted octanol–water partition coefficient (Wildman–Crippen LogP) is 4.78. The lowest BCUT2D eigenvalue weighted by molar-refractivity contribution is -0.159. The summed E-state index contributed by atoms with van der Waals surface area (Å²) in [4.78, 5) is 74.3. The molecule has 2 aromatic heterocycles. The van der Waals surface area contributed by atoms with Crippen molar-refractivity contribution in [1.29, 1.82) is 0 Å². The third-order valence-corrected chi connectivity index (χ3v) is 8.44. The van der Waals surface area contributed by atoms with Gasteiger partial charge in [0.1, 0.15) is 30.0 Å². The number of amides is 3. The zero-order valence-corrected chi connectivity index (χ0v) is 30.2. The fourth-order valence-electron chi connectivity index (χ4n) is 5.94. The maximum absolute atomic E-state index is 13.7. The third kappa shape index (κ3) is 11.3. The minimum Gasteiger partial charge on any atom is -0.460 e. The number of carbonyl (C=O) groups excluding carboxylic acids is 5. The van der Waals surface area contributed by atoms with Gasteiger partial charge in [-0.25, -0.2) is 19.6 Å². The molecule has 0 radical (unpaired) electrons. The van der Waals surface area contributed by atoms with Gasteiger partial charge in [-0.2, -0.15) is 0 Å². The zero-order valence-electron chi connectivity index (χ0n) is 30.2. The Kier molecular flexibility index (Phi) is 14.2. The van der Waals surface area contributed by atoms with Gasteiger partial charge in [0.15, 0.2) is 5.69 Å². The number of aliphatic hydroxyl groups excluding tert-OH is 1. The molecule has 278 valence electrons. The van der Waals surface area contributed by atoms with Crippen molar-refractivity contribution in [1.82, 2.24) is 20.2 Å². The maximum atomic E-state index is 13.7. The Hall–Kier alpha value is -5.37. The highest BCUT2D eigenvalue weighted by atomic mass is 16.6. The molecule has 3 heterocycles. The van der Waals surface area contributed by atoms with E-state index in [0.717, 1.165) is 22.6 Å². The van der Waals surface area contributed by atoms with E-state index in [4.69, 9.17) is 13.9 Å². The van der Waals surface area contributed by atoms with Gasteiger partial charge in [-0.1, -0.05) is 55.8 Å². The van der Waals surface area contributed by atoms with E-state index in [0.29, 0.717) is 25.2 Å². The molecule has 14 nitrogen and oxygen atoms in total. The number of rotatable bonds is 16. The highest BCUT2D eigenvalue weighted by Crippen LogP contribution is 2.26. The first-order valence-electron chi connectivity index (χ1n) is 17.4. The molecule has 1 fully saturated rings. The van der Waals surface area contributed by atoms with E-state index >= 15 is 0 Å². The number of allylic oxidation sites excluding steroid dienone is 1. The Bertz CT molecular complexity index is 1800. The minimum atomic E-state index is -0.931. The standard InChI is InChI=1S/C38H47N5O9/c1-6-39-33(46)14-13-24(4)35(25(5)21-51-38(49)42-32-17-26-10-7-8-11-27(26)20-40-32)52-37(48)31-12-9-15-43(31)36(47)30-22-50-34(41-30)19-29(45)18-28(44)16-23(2)3/h7-8,10-11,13-14,16-17,20,22,24-25,28,31,35,44H,6,9,12,15,18-19,21H2,1-5H3,(H,39,46)(H,40,42,49)/b14-13+/t24-,25+,28-,31-,35+/m1/s1. The zero-order chi connectivity index (χ0) is 37.8. The molecule has 4 rings (SSSR count). The monoisotopic (exact) mass is 717 g/mol. The maximum Gasteiger partial charge on any atom is 0.412 e. The van der Waals surface area contributed by atoms with Crippen LogP contribution in [0.2, 0.25) is 0 Å². The lowest BCUT2D eigenvalue weighted by Crippen LogP contribution is -2.44. The molecule has 5 atom stereocenters. The van der Waals surface area contributed by atoms with Gasteiger partial charge in [-0.3, -0.25) is 19.7 Å². The van der Waals surface area contributed by atoms with Crippen LogP contribution in [0.15, 0.2) is 71.0 Å². The molecule has 0 unspecified atom stereocenters. The van der Waals surface area contributed by atoms with Crippen molar-refractivity contribution in [3.8, 4) is 0 Å². The van der Waals surface area contributed by atoms with Crippen LogP contribution in [0, 0.1) is 11.8 Å². The number of carbonyl (C=O) groups is 5. The van der Waals surface area contributed by atoms with Crippen LogP contribution in [0.25, 0.3) is 10.8 Å². The van der Waals surface area contributed by atoms with Gasteiger partial charge in [-0.15, -0.1) is 0 Å². The number of Topliss-reactive ketones (excluding diaryl/α,β-unsaturated/α-hetero) is 1. The third-order valence-electron chi connectivity index (χ3n) is 8.44. The average Bonchev–Trinajstić information content (AvgIpc) is 3.78. The first-order valence-corrected chi connectivity index (χ1v) is 17.4. The molecule has 3 N–H and O–H groups in total. The SMILES string of the molecule is CCNC(=O)/C=C/[C@@H](C)[C@H](OC(=O)[C@H]1CCCN1C(=O)c1coc(CC(=O)C[C@H](O)C=C(C)C)n1)[C@@H](C)COC(=O)Nc1cc2ccccc2cn1. The van der Waals surface area contributed by atoms with Crippen molar-refractivity contribution in [3.05, 3.63) is 78.2 Å². The number of hydrogen-bond acceptors (Lipinski definition) is 11. The van der Waals surface area contributed by atoms with Crippen LogP contribution in [0.1, 0.15) is 70.3 Å². The van der Waals surface area contributed by atoms with Crippen LogP contribution in [0.5, 0.6) is 0 Å². The number of oxazole rings is 1. The van der Waals surface area contributed by atoms with Crippen LogP contribution in [-0.4, -0.2) is 87.6 Å². The van der Waals surface area contributed by atoms with Gasteiger partial charge < -0.3 is 29.2 Å². The summed E-state index contributed by atoms with van der Waals surface area (Å²) in [5.74, 6) is -2.49. The number of fused-ring (bicyclic) bond motifs is 1. The number of nitrogens with zero attached hydrogens (tertiary/aromatic N) is 3. The molecule has 1 saturated heterocycles. The molecule has 1 aliphatic heterocycles. The summed E-state index contributed by atoms with van der Waals surface area (Å²) in [6.45, 7) is 9.54. The van der Waals surface area contributed by atoms with Crippen molar-refractivity contribution in [2.24, 2.45) is 11.8 Å². The second-order valence-corrected chi connectivity index (χ2v) is 13.1. The molecule has 1 aliphatic rings. The second kappa shape index (κ2) is 18.7. The number of anilines is 1. The normalized spacial score (nSPS) is 16.5. The fraction of sp³-hybridized carbons (Fsp3) is 0.447. The van der Waals surface area contributed by atoms with E-state index in [-0.39, 0.29) is 49.3 Å². The summed E-state index contributed by atoms with van der Waals surface area (Å²) in [6, 6.07) is 8.39. The summed E-state index contributed by atoms with van der Waals surface area (Å²) >= 11 is 0. The molecular weight excluding hydrogens is 670 g/mol.